The Bertz CT molecular complexity index is 616. The Morgan fingerprint density at radius 1 is 1.44 bits per heavy atom. The summed E-state index contributed by atoms with van der Waals surface area (Å²) in [4.78, 5) is 26.0. The molecule has 0 amide bonds. The molecule has 0 atom stereocenters. The van der Waals surface area contributed by atoms with Crippen LogP contribution in [0.3, 0.4) is 0 Å². The lowest BCUT2D eigenvalue weighted by Crippen LogP contribution is -2.27. The number of aryl methyl sites for hydroxylation is 1. The van der Waals surface area contributed by atoms with E-state index in [1.165, 1.54) is 0 Å². The maximum absolute atomic E-state index is 11.6. The quantitative estimate of drug-likeness (QED) is 0.808. The first-order chi connectivity index (χ1) is 7.59. The van der Waals surface area contributed by atoms with Crippen LogP contribution < -0.4 is 5.69 Å². The second-order valence-corrected chi connectivity index (χ2v) is 3.48. The van der Waals surface area contributed by atoms with E-state index >= 15 is 0 Å². The van der Waals surface area contributed by atoms with E-state index in [2.05, 4.69) is 4.98 Å². The van der Waals surface area contributed by atoms with Crippen LogP contribution in [0.4, 0.5) is 0 Å². The number of hydrogen-bond acceptors (Lipinski definition) is 3. The van der Waals surface area contributed by atoms with E-state index in [-0.39, 0.29) is 6.54 Å². The molecule has 5 nitrogen and oxygen atoms in total. The second-order valence-electron chi connectivity index (χ2n) is 3.48. The van der Waals surface area contributed by atoms with Gasteiger partial charge < -0.3 is 5.11 Å². The molecule has 2 aromatic rings. The molecule has 5 heteroatoms. The van der Waals surface area contributed by atoms with Crippen molar-refractivity contribution in [2.75, 3.05) is 0 Å². The lowest BCUT2D eigenvalue weighted by Gasteiger charge is -2.08. The van der Waals surface area contributed by atoms with Crippen LogP contribution in [0.2, 0.25) is 0 Å². The van der Waals surface area contributed by atoms with Crippen LogP contribution in [-0.4, -0.2) is 20.6 Å². The van der Waals surface area contributed by atoms with E-state index in [9.17, 15) is 9.59 Å². The Morgan fingerprint density at radius 3 is 2.81 bits per heavy atom. The largest absolute Gasteiger partial charge is 0.480 e. The third-order valence-electron chi connectivity index (χ3n) is 2.37. The molecule has 0 fully saturated rings. The molecule has 2 rings (SSSR count). The number of nitrogens with zero attached hydrogens (tertiary/aromatic N) is 2. The summed E-state index contributed by atoms with van der Waals surface area (Å²) in [6.07, 6.45) is 0. The topological polar surface area (TPSA) is 72.2 Å². The smallest absolute Gasteiger partial charge is 0.348 e. The van der Waals surface area contributed by atoms with E-state index in [4.69, 9.17) is 5.11 Å². The first-order valence-corrected chi connectivity index (χ1v) is 4.77. The predicted octanol–water partition coefficient (Wildman–Crippen LogP) is 0.790. The first-order valence-electron chi connectivity index (χ1n) is 4.77. The van der Waals surface area contributed by atoms with Crippen LogP contribution in [0.1, 0.15) is 5.69 Å². The third kappa shape index (κ3) is 1.67. The molecule has 0 bridgehead atoms. The number of aromatic nitrogens is 2. The zero-order chi connectivity index (χ0) is 11.7. The molecule has 1 aromatic carbocycles. The average molecular weight is 218 g/mol. The summed E-state index contributed by atoms with van der Waals surface area (Å²) in [5.41, 5.74) is 0.684. The van der Waals surface area contributed by atoms with Crippen molar-refractivity contribution in [1.29, 1.82) is 0 Å². The van der Waals surface area contributed by atoms with Crippen molar-refractivity contribution >= 4 is 16.9 Å². The monoisotopic (exact) mass is 218 g/mol. The summed E-state index contributed by atoms with van der Waals surface area (Å²) in [7, 11) is 0. The van der Waals surface area contributed by atoms with Crippen molar-refractivity contribution in [3.63, 3.8) is 0 Å². The maximum atomic E-state index is 11.6. The van der Waals surface area contributed by atoms with Gasteiger partial charge in [0.1, 0.15) is 6.54 Å². The van der Waals surface area contributed by atoms with Gasteiger partial charge in [0, 0.05) is 5.39 Å². The van der Waals surface area contributed by atoms with Crippen molar-refractivity contribution in [3.8, 4) is 0 Å². The van der Waals surface area contributed by atoms with Gasteiger partial charge in [-0.25, -0.2) is 4.79 Å². The van der Waals surface area contributed by atoms with Crippen molar-refractivity contribution in [1.82, 2.24) is 9.55 Å². The number of aliphatic carboxylic acids is 1. The molecule has 0 aliphatic rings. The van der Waals surface area contributed by atoms with Crippen LogP contribution in [0.5, 0.6) is 0 Å². The molecule has 1 N–H and O–H groups in total. The molecular formula is C11H10N2O3. The van der Waals surface area contributed by atoms with Gasteiger partial charge in [-0.05, 0) is 13.0 Å². The summed E-state index contributed by atoms with van der Waals surface area (Å²) in [5.74, 6) is -1.06. The summed E-state index contributed by atoms with van der Waals surface area (Å²) in [6, 6.07) is 7.12. The highest BCUT2D eigenvalue weighted by molar-refractivity contribution is 5.82. The van der Waals surface area contributed by atoms with Crippen molar-refractivity contribution in [2.24, 2.45) is 0 Å². The van der Waals surface area contributed by atoms with Crippen molar-refractivity contribution in [3.05, 3.63) is 40.4 Å². The molecule has 0 aliphatic carbocycles. The van der Waals surface area contributed by atoms with Gasteiger partial charge in [-0.1, -0.05) is 18.2 Å². The Hall–Kier alpha value is -2.17. The Morgan fingerprint density at radius 2 is 2.12 bits per heavy atom. The lowest BCUT2D eigenvalue weighted by molar-refractivity contribution is -0.137. The van der Waals surface area contributed by atoms with E-state index in [0.29, 0.717) is 11.2 Å². The van der Waals surface area contributed by atoms with E-state index in [0.717, 1.165) is 9.95 Å². The fourth-order valence-electron chi connectivity index (χ4n) is 1.67. The minimum absolute atomic E-state index is 0.368. The molecule has 82 valence electrons. The minimum Gasteiger partial charge on any atom is -0.480 e. The number of carboxylic acid groups (broad SMARTS) is 1. The first kappa shape index (κ1) is 10.4. The molecule has 1 aromatic heterocycles. The molecule has 0 radical (unpaired) electrons. The van der Waals surface area contributed by atoms with E-state index in [1.54, 1.807) is 19.1 Å². The van der Waals surface area contributed by atoms with Gasteiger partial charge in [-0.2, -0.15) is 4.98 Å². The number of fused-ring (bicyclic) bond motifs is 1. The second kappa shape index (κ2) is 3.77. The Kier molecular flexibility index (Phi) is 2.44. The molecule has 0 aliphatic heterocycles. The van der Waals surface area contributed by atoms with Gasteiger partial charge in [0.05, 0.1) is 11.2 Å². The molecule has 1 heterocycles. The summed E-state index contributed by atoms with van der Waals surface area (Å²) < 4.78 is 1.16. The zero-order valence-electron chi connectivity index (χ0n) is 8.67. The van der Waals surface area contributed by atoms with Gasteiger partial charge in [0.25, 0.3) is 0 Å². The standard InChI is InChI=1S/C11H10N2O3/c1-7-8-4-2-3-5-9(8)13(6-10(14)15)11(16)12-7/h2-5H,6H2,1H3,(H,14,15). The fourth-order valence-corrected chi connectivity index (χ4v) is 1.67. The molecule has 0 spiro atoms. The highest BCUT2D eigenvalue weighted by atomic mass is 16.4. The van der Waals surface area contributed by atoms with Crippen LogP contribution >= 0.6 is 0 Å². The SMILES string of the molecule is Cc1nc(=O)n(CC(=O)O)c2ccccc12. The van der Waals surface area contributed by atoms with Gasteiger partial charge in [-0.3, -0.25) is 9.36 Å². The van der Waals surface area contributed by atoms with Crippen LogP contribution in [0.15, 0.2) is 29.1 Å². The van der Waals surface area contributed by atoms with Gasteiger partial charge >= 0.3 is 11.7 Å². The zero-order valence-corrected chi connectivity index (χ0v) is 8.67. The lowest BCUT2D eigenvalue weighted by atomic mass is 10.2. The van der Waals surface area contributed by atoms with Gasteiger partial charge in [0.15, 0.2) is 0 Å². The minimum atomic E-state index is -1.06. The molecular weight excluding hydrogens is 208 g/mol. The number of hydrogen-bond donors (Lipinski definition) is 1. The molecule has 0 saturated carbocycles. The van der Waals surface area contributed by atoms with Crippen LogP contribution in [0, 0.1) is 6.92 Å². The highest BCUT2D eigenvalue weighted by Crippen LogP contribution is 2.13. The Labute approximate surface area is 91.0 Å². The normalized spacial score (nSPS) is 10.6. The van der Waals surface area contributed by atoms with Gasteiger partial charge in [0.2, 0.25) is 0 Å². The van der Waals surface area contributed by atoms with E-state index < -0.39 is 11.7 Å². The van der Waals surface area contributed by atoms with Gasteiger partial charge in [-0.15, -0.1) is 0 Å². The van der Waals surface area contributed by atoms with Crippen LogP contribution in [-0.2, 0) is 11.3 Å². The third-order valence-corrected chi connectivity index (χ3v) is 2.37. The highest BCUT2D eigenvalue weighted by Gasteiger charge is 2.09. The summed E-state index contributed by atoms with van der Waals surface area (Å²) in [5, 5.41) is 9.53. The molecule has 16 heavy (non-hydrogen) atoms. The molecule has 0 unspecified atom stereocenters. The fraction of sp³-hybridized carbons (Fsp3) is 0.182. The average Bonchev–Trinajstić information content (AvgIpc) is 2.24. The van der Waals surface area contributed by atoms with E-state index in [1.807, 2.05) is 12.1 Å². The number of carboxylic acids is 1. The summed E-state index contributed by atoms with van der Waals surface area (Å²) >= 11 is 0. The van der Waals surface area contributed by atoms with Crippen molar-refractivity contribution < 1.29 is 9.90 Å². The number of rotatable bonds is 2. The number of carbonyl (C=O) groups is 1. The summed E-state index contributed by atoms with van der Waals surface area (Å²) in [6.45, 7) is 1.36. The maximum Gasteiger partial charge on any atom is 0.348 e. The number of para-hydroxylation sites is 1. The van der Waals surface area contributed by atoms with Crippen LogP contribution in [0.25, 0.3) is 10.9 Å². The molecule has 0 saturated heterocycles. The number of benzene rings is 1. The predicted molar refractivity (Wildman–Crippen MR) is 58.4 cm³/mol. The Balaban J connectivity index is 2.81. The van der Waals surface area contributed by atoms with Crippen molar-refractivity contribution in [2.45, 2.75) is 13.5 Å².